The fourth-order valence-corrected chi connectivity index (χ4v) is 2.96. The molecule has 0 heterocycles. The first-order valence-electron chi connectivity index (χ1n) is 6.15. The van der Waals surface area contributed by atoms with Crippen LogP contribution in [0.15, 0.2) is 24.3 Å². The van der Waals surface area contributed by atoms with Crippen LogP contribution in [0.25, 0.3) is 0 Å². The Labute approximate surface area is 97.8 Å². The van der Waals surface area contributed by atoms with Crippen molar-refractivity contribution in [2.75, 3.05) is 13.7 Å². The topological polar surface area (TPSA) is 35.2 Å². The third-order valence-corrected chi connectivity index (χ3v) is 3.89. The third kappa shape index (κ3) is 2.07. The smallest absolute Gasteiger partial charge is 0.118 e. The average molecular weight is 219 g/mol. The number of methoxy groups -OCH3 is 1. The lowest BCUT2D eigenvalue weighted by atomic mass is 9.76. The molecule has 1 aliphatic carbocycles. The van der Waals surface area contributed by atoms with Gasteiger partial charge in [0.25, 0.3) is 0 Å². The molecule has 1 aliphatic rings. The van der Waals surface area contributed by atoms with E-state index in [1.807, 2.05) is 0 Å². The predicted molar refractivity (Wildman–Crippen MR) is 66.8 cm³/mol. The molecule has 2 rings (SSSR count). The highest BCUT2D eigenvalue weighted by Crippen LogP contribution is 2.43. The molecule has 0 amide bonds. The van der Waals surface area contributed by atoms with Gasteiger partial charge in [-0.15, -0.1) is 0 Å². The summed E-state index contributed by atoms with van der Waals surface area (Å²) in [5.41, 5.74) is 7.55. The van der Waals surface area contributed by atoms with Gasteiger partial charge in [0.1, 0.15) is 5.75 Å². The quantitative estimate of drug-likeness (QED) is 0.845. The van der Waals surface area contributed by atoms with Crippen LogP contribution in [-0.2, 0) is 5.41 Å². The second-order valence-corrected chi connectivity index (χ2v) is 4.75. The van der Waals surface area contributed by atoms with Gasteiger partial charge in [0.2, 0.25) is 0 Å². The summed E-state index contributed by atoms with van der Waals surface area (Å²) in [6.07, 6.45) is 6.37. The lowest BCUT2D eigenvalue weighted by Crippen LogP contribution is -2.25. The van der Waals surface area contributed by atoms with E-state index in [0.717, 1.165) is 18.7 Å². The summed E-state index contributed by atoms with van der Waals surface area (Å²) in [4.78, 5) is 0. The number of benzene rings is 1. The Morgan fingerprint density at radius 1 is 1.19 bits per heavy atom. The molecule has 1 fully saturated rings. The van der Waals surface area contributed by atoms with Crippen molar-refractivity contribution in [2.45, 2.75) is 37.5 Å². The van der Waals surface area contributed by atoms with E-state index >= 15 is 0 Å². The van der Waals surface area contributed by atoms with Crippen molar-refractivity contribution in [2.24, 2.45) is 5.73 Å². The molecule has 1 aromatic carbocycles. The molecule has 1 aromatic rings. The van der Waals surface area contributed by atoms with Gasteiger partial charge in [-0.2, -0.15) is 0 Å². The van der Waals surface area contributed by atoms with Crippen LogP contribution in [0.5, 0.6) is 5.75 Å². The van der Waals surface area contributed by atoms with Crippen molar-refractivity contribution in [3.8, 4) is 5.75 Å². The van der Waals surface area contributed by atoms with Gasteiger partial charge in [0.05, 0.1) is 7.11 Å². The fourth-order valence-electron chi connectivity index (χ4n) is 2.96. The lowest BCUT2D eigenvalue weighted by Gasteiger charge is -2.29. The van der Waals surface area contributed by atoms with Crippen LogP contribution in [0.4, 0.5) is 0 Å². The minimum atomic E-state index is 0.348. The Hall–Kier alpha value is -1.02. The van der Waals surface area contributed by atoms with Crippen LogP contribution < -0.4 is 10.5 Å². The highest BCUT2D eigenvalue weighted by molar-refractivity contribution is 5.33. The van der Waals surface area contributed by atoms with Gasteiger partial charge in [-0.25, -0.2) is 0 Å². The van der Waals surface area contributed by atoms with Crippen LogP contribution >= 0.6 is 0 Å². The Balaban J connectivity index is 2.24. The predicted octanol–water partition coefficient (Wildman–Crippen LogP) is 2.86. The minimum Gasteiger partial charge on any atom is -0.497 e. The van der Waals surface area contributed by atoms with E-state index in [4.69, 9.17) is 10.5 Å². The molecular formula is C14H21NO. The molecule has 16 heavy (non-hydrogen) atoms. The average Bonchev–Trinajstić information content (AvgIpc) is 2.80. The second kappa shape index (κ2) is 4.88. The van der Waals surface area contributed by atoms with Crippen molar-refractivity contribution in [3.05, 3.63) is 29.8 Å². The Morgan fingerprint density at radius 3 is 2.31 bits per heavy atom. The van der Waals surface area contributed by atoms with Crippen molar-refractivity contribution >= 4 is 0 Å². The van der Waals surface area contributed by atoms with Crippen LogP contribution in [-0.4, -0.2) is 13.7 Å². The van der Waals surface area contributed by atoms with Crippen molar-refractivity contribution in [1.29, 1.82) is 0 Å². The molecule has 2 N–H and O–H groups in total. The minimum absolute atomic E-state index is 0.348. The standard InChI is InChI=1S/C14H21NO/c1-16-13-6-4-12(5-7-13)14(10-11-15)8-2-3-9-14/h4-7H,2-3,8-11,15H2,1H3. The summed E-state index contributed by atoms with van der Waals surface area (Å²) >= 11 is 0. The highest BCUT2D eigenvalue weighted by Gasteiger charge is 2.34. The van der Waals surface area contributed by atoms with E-state index in [1.165, 1.54) is 31.2 Å². The van der Waals surface area contributed by atoms with Crippen LogP contribution in [0.1, 0.15) is 37.7 Å². The maximum Gasteiger partial charge on any atom is 0.118 e. The zero-order valence-electron chi connectivity index (χ0n) is 10.0. The molecule has 0 spiro atoms. The summed E-state index contributed by atoms with van der Waals surface area (Å²) in [6.45, 7) is 0.784. The molecule has 0 atom stereocenters. The third-order valence-electron chi connectivity index (χ3n) is 3.89. The number of hydrogen-bond acceptors (Lipinski definition) is 2. The zero-order valence-corrected chi connectivity index (χ0v) is 10.0. The van der Waals surface area contributed by atoms with Crippen molar-refractivity contribution in [1.82, 2.24) is 0 Å². The van der Waals surface area contributed by atoms with Gasteiger partial charge >= 0.3 is 0 Å². The molecule has 88 valence electrons. The number of rotatable bonds is 4. The summed E-state index contributed by atoms with van der Waals surface area (Å²) in [7, 11) is 1.71. The monoisotopic (exact) mass is 219 g/mol. The van der Waals surface area contributed by atoms with E-state index < -0.39 is 0 Å². The molecule has 0 unspecified atom stereocenters. The largest absolute Gasteiger partial charge is 0.497 e. The first-order valence-corrected chi connectivity index (χ1v) is 6.15. The maximum absolute atomic E-state index is 5.76. The first kappa shape index (κ1) is 11.5. The fraction of sp³-hybridized carbons (Fsp3) is 0.571. The molecule has 0 aromatic heterocycles. The molecule has 2 heteroatoms. The van der Waals surface area contributed by atoms with Gasteiger partial charge in [0, 0.05) is 0 Å². The Kier molecular flexibility index (Phi) is 3.49. The van der Waals surface area contributed by atoms with Crippen LogP contribution in [0.2, 0.25) is 0 Å². The molecular weight excluding hydrogens is 198 g/mol. The van der Waals surface area contributed by atoms with E-state index in [0.29, 0.717) is 5.41 Å². The maximum atomic E-state index is 5.76. The van der Waals surface area contributed by atoms with Gasteiger partial charge in [0.15, 0.2) is 0 Å². The number of hydrogen-bond donors (Lipinski definition) is 1. The summed E-state index contributed by atoms with van der Waals surface area (Å²) in [5, 5.41) is 0. The van der Waals surface area contributed by atoms with Crippen molar-refractivity contribution < 1.29 is 4.74 Å². The molecule has 0 radical (unpaired) electrons. The highest BCUT2D eigenvalue weighted by atomic mass is 16.5. The first-order chi connectivity index (χ1) is 7.80. The second-order valence-electron chi connectivity index (χ2n) is 4.75. The van der Waals surface area contributed by atoms with E-state index in [-0.39, 0.29) is 0 Å². The summed E-state index contributed by atoms with van der Waals surface area (Å²) in [6, 6.07) is 8.54. The molecule has 0 aliphatic heterocycles. The Morgan fingerprint density at radius 2 is 1.81 bits per heavy atom. The normalized spacial score (nSPS) is 18.6. The number of nitrogens with two attached hydrogens (primary N) is 1. The van der Waals surface area contributed by atoms with E-state index in [2.05, 4.69) is 24.3 Å². The SMILES string of the molecule is COc1ccc(C2(CCN)CCCC2)cc1. The van der Waals surface area contributed by atoms with Crippen LogP contribution in [0.3, 0.4) is 0 Å². The lowest BCUT2D eigenvalue weighted by molar-refractivity contribution is 0.404. The summed E-state index contributed by atoms with van der Waals surface area (Å²) < 4.78 is 5.20. The van der Waals surface area contributed by atoms with Crippen molar-refractivity contribution in [3.63, 3.8) is 0 Å². The molecule has 2 nitrogen and oxygen atoms in total. The van der Waals surface area contributed by atoms with Crippen LogP contribution in [0, 0.1) is 0 Å². The van der Waals surface area contributed by atoms with E-state index in [1.54, 1.807) is 7.11 Å². The van der Waals surface area contributed by atoms with Gasteiger partial charge in [-0.1, -0.05) is 25.0 Å². The number of ether oxygens (including phenoxy) is 1. The summed E-state index contributed by atoms with van der Waals surface area (Å²) in [5.74, 6) is 0.935. The van der Waals surface area contributed by atoms with Gasteiger partial charge in [-0.05, 0) is 48.9 Å². The Bertz CT molecular complexity index is 325. The molecule has 0 saturated heterocycles. The molecule has 0 bridgehead atoms. The zero-order chi connectivity index (χ0) is 11.4. The van der Waals surface area contributed by atoms with Gasteiger partial charge in [-0.3, -0.25) is 0 Å². The molecule has 1 saturated carbocycles. The van der Waals surface area contributed by atoms with E-state index in [9.17, 15) is 0 Å². The van der Waals surface area contributed by atoms with Gasteiger partial charge < -0.3 is 10.5 Å².